The molecule has 0 fully saturated rings. The number of aryl methyl sites for hydroxylation is 1. The maximum Gasteiger partial charge on any atom is 0.409 e. The molecule has 2 aromatic carbocycles. The second-order valence-electron chi connectivity index (χ2n) is 8.11. The fourth-order valence-electron chi connectivity index (χ4n) is 4.58. The Labute approximate surface area is 178 Å². The van der Waals surface area contributed by atoms with Crippen molar-refractivity contribution in [2.75, 3.05) is 23.8 Å². The minimum Gasteiger partial charge on any atom is -0.324 e. The van der Waals surface area contributed by atoms with Gasteiger partial charge in [-0.2, -0.15) is 13.2 Å². The second kappa shape index (κ2) is 8.34. The minimum absolute atomic E-state index is 0.0415. The molecule has 1 aliphatic heterocycles. The van der Waals surface area contributed by atoms with Gasteiger partial charge in [0, 0.05) is 6.04 Å². The number of benzene rings is 2. The molecule has 0 bridgehead atoms. The first-order valence-electron chi connectivity index (χ1n) is 10.3. The predicted octanol–water partition coefficient (Wildman–Crippen LogP) is 4.30. The smallest absolute Gasteiger partial charge is 0.324 e. The minimum atomic E-state index is -4.74. The number of alkyl halides is 3. The lowest BCUT2D eigenvalue weighted by atomic mass is 9.87. The molecule has 4 rings (SSSR count). The summed E-state index contributed by atoms with van der Waals surface area (Å²) in [5.74, 6) is -1.45. The molecule has 1 heterocycles. The lowest BCUT2D eigenvalue weighted by molar-refractivity contribution is -0.158. The maximum absolute atomic E-state index is 13.9. The lowest BCUT2D eigenvalue weighted by Crippen LogP contribution is -2.52. The molecular weight excluding hydrogens is 407 g/mol. The Kier molecular flexibility index (Phi) is 5.75. The third-order valence-electron chi connectivity index (χ3n) is 6.03. The average Bonchev–Trinajstić information content (AvgIpc) is 2.88. The predicted molar refractivity (Wildman–Crippen MR) is 112 cm³/mol. The molecule has 31 heavy (non-hydrogen) atoms. The number of nitrogens with zero attached hydrogens (tertiary/aromatic N) is 2. The molecule has 2 amide bonds. The summed E-state index contributed by atoms with van der Waals surface area (Å²) in [4.78, 5) is 28.0. The van der Waals surface area contributed by atoms with Gasteiger partial charge >= 0.3 is 6.18 Å². The summed E-state index contributed by atoms with van der Waals surface area (Å²) in [6.07, 6.45) is -2.82. The Morgan fingerprint density at radius 1 is 1.16 bits per heavy atom. The van der Waals surface area contributed by atoms with Crippen LogP contribution in [0.5, 0.6) is 0 Å². The molecule has 0 aromatic heterocycles. The van der Waals surface area contributed by atoms with E-state index in [4.69, 9.17) is 0 Å². The first-order chi connectivity index (χ1) is 14.8. The quantitative estimate of drug-likeness (QED) is 0.788. The number of fused-ring (bicyclic) bond motifs is 2. The number of carbonyl (C=O) groups excluding carboxylic acids is 2. The molecular formula is C23H24F3N3O2. The molecule has 164 valence electrons. The fourth-order valence-corrected chi connectivity index (χ4v) is 4.58. The van der Waals surface area contributed by atoms with Gasteiger partial charge in [-0.05, 0) is 49.6 Å². The highest BCUT2D eigenvalue weighted by Crippen LogP contribution is 2.38. The van der Waals surface area contributed by atoms with E-state index in [0.717, 1.165) is 29.7 Å². The van der Waals surface area contributed by atoms with Crippen LogP contribution in [0.1, 0.15) is 36.4 Å². The Morgan fingerprint density at radius 3 is 2.65 bits per heavy atom. The summed E-state index contributed by atoms with van der Waals surface area (Å²) >= 11 is 0. The molecule has 0 saturated carbocycles. The number of amides is 2. The van der Waals surface area contributed by atoms with Gasteiger partial charge in [0.25, 0.3) is 0 Å². The van der Waals surface area contributed by atoms with Crippen LogP contribution in [0.25, 0.3) is 0 Å². The number of likely N-dealkylation sites (N-methyl/N-ethyl adjacent to an activating group) is 1. The number of hydrogen-bond donors (Lipinski definition) is 1. The number of rotatable bonds is 3. The van der Waals surface area contributed by atoms with Crippen molar-refractivity contribution in [1.82, 2.24) is 4.90 Å². The molecule has 2 aromatic rings. The molecule has 0 saturated heterocycles. The van der Waals surface area contributed by atoms with Gasteiger partial charge in [0.15, 0.2) is 0 Å². The van der Waals surface area contributed by atoms with Crippen molar-refractivity contribution in [3.05, 3.63) is 59.7 Å². The normalized spacial score (nSPS) is 21.2. The van der Waals surface area contributed by atoms with Crippen LogP contribution in [-0.2, 0) is 16.0 Å². The van der Waals surface area contributed by atoms with Crippen molar-refractivity contribution in [3.8, 4) is 0 Å². The molecule has 2 atom stereocenters. The van der Waals surface area contributed by atoms with Crippen molar-refractivity contribution in [2.45, 2.75) is 43.9 Å². The largest absolute Gasteiger partial charge is 0.409 e. The summed E-state index contributed by atoms with van der Waals surface area (Å²) in [5, 5.41) is 2.49. The third-order valence-corrected chi connectivity index (χ3v) is 6.03. The molecule has 1 aliphatic carbocycles. The fraction of sp³-hybridized carbons (Fsp3) is 0.391. The van der Waals surface area contributed by atoms with Crippen molar-refractivity contribution in [2.24, 2.45) is 0 Å². The van der Waals surface area contributed by atoms with Gasteiger partial charge in [-0.3, -0.25) is 19.4 Å². The number of anilines is 2. The summed E-state index contributed by atoms with van der Waals surface area (Å²) in [6, 6.07) is 11.8. The van der Waals surface area contributed by atoms with E-state index in [9.17, 15) is 22.8 Å². The molecule has 1 N–H and O–H groups in total. The van der Waals surface area contributed by atoms with Gasteiger partial charge in [-0.15, -0.1) is 0 Å². The van der Waals surface area contributed by atoms with Crippen molar-refractivity contribution >= 4 is 23.2 Å². The SMILES string of the molecule is CN(CC(=O)N1c2ccccc2NC(=O)CC1C(F)(F)F)C1CCCc2ccccc21. The van der Waals surface area contributed by atoms with Gasteiger partial charge in [0.1, 0.15) is 6.04 Å². The zero-order valence-electron chi connectivity index (χ0n) is 17.2. The van der Waals surface area contributed by atoms with E-state index >= 15 is 0 Å². The summed E-state index contributed by atoms with van der Waals surface area (Å²) in [5.41, 5.74) is 2.60. The van der Waals surface area contributed by atoms with E-state index in [1.54, 1.807) is 19.2 Å². The van der Waals surface area contributed by atoms with E-state index in [1.807, 2.05) is 23.1 Å². The van der Waals surface area contributed by atoms with Crippen molar-refractivity contribution in [1.29, 1.82) is 0 Å². The number of carbonyl (C=O) groups is 2. The number of nitrogens with one attached hydrogen (secondary N) is 1. The molecule has 0 spiro atoms. The van der Waals surface area contributed by atoms with Crippen LogP contribution in [0.2, 0.25) is 0 Å². The Bertz CT molecular complexity index is 992. The first kappa shape index (κ1) is 21.4. The second-order valence-corrected chi connectivity index (χ2v) is 8.11. The monoisotopic (exact) mass is 431 g/mol. The highest BCUT2D eigenvalue weighted by atomic mass is 19.4. The van der Waals surface area contributed by atoms with Gasteiger partial charge in [-0.1, -0.05) is 36.4 Å². The van der Waals surface area contributed by atoms with E-state index in [0.29, 0.717) is 0 Å². The Balaban J connectivity index is 1.65. The Hall–Kier alpha value is -2.87. The summed E-state index contributed by atoms with van der Waals surface area (Å²) in [6.45, 7) is -0.186. The average molecular weight is 431 g/mol. The first-order valence-corrected chi connectivity index (χ1v) is 10.3. The van der Waals surface area contributed by atoms with Gasteiger partial charge in [0.05, 0.1) is 24.3 Å². The van der Waals surface area contributed by atoms with Gasteiger partial charge < -0.3 is 5.32 Å². The van der Waals surface area contributed by atoms with Crippen LogP contribution >= 0.6 is 0 Å². The summed E-state index contributed by atoms with van der Waals surface area (Å²) < 4.78 is 41.7. The zero-order chi connectivity index (χ0) is 22.2. The lowest BCUT2D eigenvalue weighted by Gasteiger charge is -2.36. The number of hydrogen-bond acceptors (Lipinski definition) is 3. The van der Waals surface area contributed by atoms with E-state index in [-0.39, 0.29) is 24.0 Å². The molecule has 0 radical (unpaired) electrons. The van der Waals surface area contributed by atoms with Crippen LogP contribution in [0.3, 0.4) is 0 Å². The van der Waals surface area contributed by atoms with Gasteiger partial charge in [-0.25, -0.2) is 0 Å². The van der Waals surface area contributed by atoms with E-state index in [1.165, 1.54) is 17.7 Å². The van der Waals surface area contributed by atoms with E-state index < -0.39 is 30.5 Å². The highest BCUT2D eigenvalue weighted by Gasteiger charge is 2.49. The van der Waals surface area contributed by atoms with E-state index in [2.05, 4.69) is 11.4 Å². The zero-order valence-corrected chi connectivity index (χ0v) is 17.2. The van der Waals surface area contributed by atoms with Crippen LogP contribution in [0.15, 0.2) is 48.5 Å². The topological polar surface area (TPSA) is 52.7 Å². The molecule has 5 nitrogen and oxygen atoms in total. The van der Waals surface area contributed by atoms with Crippen molar-refractivity contribution in [3.63, 3.8) is 0 Å². The molecule has 2 unspecified atom stereocenters. The third kappa shape index (κ3) is 4.30. The van der Waals surface area contributed by atoms with Crippen LogP contribution in [0, 0.1) is 0 Å². The van der Waals surface area contributed by atoms with Crippen LogP contribution in [-0.4, -0.2) is 42.5 Å². The highest BCUT2D eigenvalue weighted by molar-refractivity contribution is 6.05. The van der Waals surface area contributed by atoms with Gasteiger partial charge in [0.2, 0.25) is 11.8 Å². The standard InChI is InChI=1S/C23H24F3N3O2/c1-28(18-12-6-8-15-7-2-3-9-16(15)18)14-22(31)29-19-11-5-4-10-17(19)27-21(30)13-20(29)23(24,25)26/h2-5,7,9-11,18,20H,6,8,12-14H2,1H3,(H,27,30). The number of para-hydroxylation sites is 2. The van der Waals surface area contributed by atoms with Crippen LogP contribution < -0.4 is 10.2 Å². The van der Waals surface area contributed by atoms with Crippen molar-refractivity contribution < 1.29 is 22.8 Å². The number of halogens is 3. The van der Waals surface area contributed by atoms with Crippen LogP contribution in [0.4, 0.5) is 24.5 Å². The Morgan fingerprint density at radius 2 is 1.87 bits per heavy atom. The maximum atomic E-state index is 13.9. The molecule has 8 heteroatoms. The molecule has 2 aliphatic rings. The summed E-state index contributed by atoms with van der Waals surface area (Å²) in [7, 11) is 1.76.